The number of aromatic nitrogens is 3. The monoisotopic (exact) mass is 432 g/mol. The van der Waals surface area contributed by atoms with E-state index < -0.39 is 0 Å². The van der Waals surface area contributed by atoms with Gasteiger partial charge in [-0.15, -0.1) is 0 Å². The highest BCUT2D eigenvalue weighted by molar-refractivity contribution is 6.07. The standard InChI is InChI=1S/C28H24N4O/c33-28(32(19-23-12-15-29-16-13-23)20-24-9-6-14-30-17-24)26-21-31(18-22-7-2-1-3-8-22)27-11-5-4-10-25(26)27/h1-17,21H,18-20H2. The van der Waals surface area contributed by atoms with E-state index in [1.807, 2.05) is 78.0 Å². The second-order valence-corrected chi connectivity index (χ2v) is 8.05. The van der Waals surface area contributed by atoms with E-state index in [0.717, 1.165) is 22.0 Å². The molecular formula is C28H24N4O. The predicted molar refractivity (Wildman–Crippen MR) is 130 cm³/mol. The number of rotatable bonds is 7. The lowest BCUT2D eigenvalue weighted by atomic mass is 10.1. The molecule has 5 nitrogen and oxygen atoms in total. The number of pyridine rings is 2. The Hall–Kier alpha value is -4.25. The molecular weight excluding hydrogens is 408 g/mol. The van der Waals surface area contributed by atoms with Crippen molar-refractivity contribution in [3.05, 3.63) is 132 Å². The smallest absolute Gasteiger partial charge is 0.256 e. The summed E-state index contributed by atoms with van der Waals surface area (Å²) in [7, 11) is 0. The van der Waals surface area contributed by atoms with Crippen molar-refractivity contribution < 1.29 is 4.79 Å². The molecule has 5 rings (SSSR count). The molecule has 0 spiro atoms. The van der Waals surface area contributed by atoms with Crippen molar-refractivity contribution in [1.29, 1.82) is 0 Å². The molecule has 0 saturated carbocycles. The summed E-state index contributed by atoms with van der Waals surface area (Å²) in [5.74, 6) is -0.00123. The van der Waals surface area contributed by atoms with Crippen LogP contribution in [0, 0.1) is 0 Å². The minimum atomic E-state index is -0.00123. The molecule has 3 aromatic heterocycles. The van der Waals surface area contributed by atoms with Crippen LogP contribution in [-0.2, 0) is 19.6 Å². The average Bonchev–Trinajstić information content (AvgIpc) is 3.23. The molecule has 0 radical (unpaired) electrons. The van der Waals surface area contributed by atoms with Crippen LogP contribution in [0.15, 0.2) is 110 Å². The maximum Gasteiger partial charge on any atom is 0.256 e. The van der Waals surface area contributed by atoms with Crippen LogP contribution in [-0.4, -0.2) is 25.3 Å². The summed E-state index contributed by atoms with van der Waals surface area (Å²) in [6.45, 7) is 1.68. The maximum absolute atomic E-state index is 13.9. The van der Waals surface area contributed by atoms with E-state index in [0.29, 0.717) is 25.2 Å². The highest BCUT2D eigenvalue weighted by Crippen LogP contribution is 2.25. The van der Waals surface area contributed by atoms with E-state index in [1.165, 1.54) is 5.56 Å². The third kappa shape index (κ3) is 4.67. The summed E-state index contributed by atoms with van der Waals surface area (Å²) in [5.41, 5.74) is 4.99. The number of para-hydroxylation sites is 1. The molecule has 5 heteroatoms. The van der Waals surface area contributed by atoms with Gasteiger partial charge in [-0.25, -0.2) is 0 Å². The van der Waals surface area contributed by atoms with Gasteiger partial charge in [0.25, 0.3) is 5.91 Å². The van der Waals surface area contributed by atoms with Gasteiger partial charge in [-0.2, -0.15) is 0 Å². The Labute approximate surface area is 193 Å². The third-order valence-corrected chi connectivity index (χ3v) is 5.72. The predicted octanol–water partition coefficient (Wildman–Crippen LogP) is 5.32. The number of hydrogen-bond donors (Lipinski definition) is 0. The van der Waals surface area contributed by atoms with Crippen LogP contribution in [0.4, 0.5) is 0 Å². The summed E-state index contributed by atoms with van der Waals surface area (Å²) in [4.78, 5) is 24.1. The average molecular weight is 433 g/mol. The SMILES string of the molecule is O=C(c1cn(Cc2ccccc2)c2ccccc12)N(Cc1ccncc1)Cc1cccnc1. The second kappa shape index (κ2) is 9.49. The van der Waals surface area contributed by atoms with Gasteiger partial charge in [0.2, 0.25) is 0 Å². The number of benzene rings is 2. The number of hydrogen-bond acceptors (Lipinski definition) is 3. The minimum Gasteiger partial charge on any atom is -0.342 e. The Bertz CT molecular complexity index is 1310. The molecule has 0 aliphatic heterocycles. The molecule has 0 aliphatic carbocycles. The Morgan fingerprint density at radius 3 is 2.24 bits per heavy atom. The molecule has 3 heterocycles. The summed E-state index contributed by atoms with van der Waals surface area (Å²) in [6, 6.07) is 26.2. The summed E-state index contributed by atoms with van der Waals surface area (Å²) in [5, 5.41) is 0.962. The molecule has 0 fully saturated rings. The van der Waals surface area contributed by atoms with Crippen LogP contribution in [0.25, 0.3) is 10.9 Å². The van der Waals surface area contributed by atoms with Crippen LogP contribution in [0.1, 0.15) is 27.0 Å². The van der Waals surface area contributed by atoms with Crippen molar-refractivity contribution >= 4 is 16.8 Å². The van der Waals surface area contributed by atoms with Gasteiger partial charge in [-0.1, -0.05) is 54.6 Å². The minimum absolute atomic E-state index is 0.00123. The number of nitrogens with zero attached hydrogens (tertiary/aromatic N) is 4. The molecule has 0 aliphatic rings. The van der Waals surface area contributed by atoms with Crippen molar-refractivity contribution in [1.82, 2.24) is 19.4 Å². The quantitative estimate of drug-likeness (QED) is 0.350. The van der Waals surface area contributed by atoms with Gasteiger partial charge < -0.3 is 9.47 Å². The Kier molecular flexibility index (Phi) is 5.93. The third-order valence-electron chi connectivity index (χ3n) is 5.72. The summed E-state index contributed by atoms with van der Waals surface area (Å²) >= 11 is 0. The molecule has 0 saturated heterocycles. The maximum atomic E-state index is 13.9. The summed E-state index contributed by atoms with van der Waals surface area (Å²) < 4.78 is 2.16. The van der Waals surface area contributed by atoms with Crippen LogP contribution in [0.2, 0.25) is 0 Å². The number of carbonyl (C=O) groups is 1. The van der Waals surface area contributed by atoms with Gasteiger partial charge in [-0.3, -0.25) is 14.8 Å². The fourth-order valence-electron chi connectivity index (χ4n) is 4.12. The van der Waals surface area contributed by atoms with Crippen molar-refractivity contribution in [2.75, 3.05) is 0 Å². The van der Waals surface area contributed by atoms with E-state index in [9.17, 15) is 4.79 Å². The molecule has 0 unspecified atom stereocenters. The van der Waals surface area contributed by atoms with E-state index in [-0.39, 0.29) is 5.91 Å². The van der Waals surface area contributed by atoms with Crippen LogP contribution in [0.3, 0.4) is 0 Å². The molecule has 162 valence electrons. The first-order valence-corrected chi connectivity index (χ1v) is 11.0. The Morgan fingerprint density at radius 1 is 0.727 bits per heavy atom. The molecule has 5 aromatic rings. The topological polar surface area (TPSA) is 51.0 Å². The van der Waals surface area contributed by atoms with E-state index >= 15 is 0 Å². The summed E-state index contributed by atoms with van der Waals surface area (Å²) in [6.07, 6.45) is 9.06. The van der Waals surface area contributed by atoms with Gasteiger partial charge in [0.15, 0.2) is 0 Å². The largest absolute Gasteiger partial charge is 0.342 e. The second-order valence-electron chi connectivity index (χ2n) is 8.05. The van der Waals surface area contributed by atoms with E-state index in [4.69, 9.17) is 0 Å². The van der Waals surface area contributed by atoms with Crippen LogP contribution >= 0.6 is 0 Å². The highest BCUT2D eigenvalue weighted by Gasteiger charge is 2.22. The van der Waals surface area contributed by atoms with Crippen molar-refractivity contribution in [2.24, 2.45) is 0 Å². The lowest BCUT2D eigenvalue weighted by molar-refractivity contribution is 0.0731. The first-order chi connectivity index (χ1) is 16.3. The van der Waals surface area contributed by atoms with Crippen molar-refractivity contribution in [3.63, 3.8) is 0 Å². The van der Waals surface area contributed by atoms with E-state index in [1.54, 1.807) is 18.6 Å². The van der Waals surface area contributed by atoms with Gasteiger partial charge in [0.05, 0.1) is 5.56 Å². The lowest BCUT2D eigenvalue weighted by Crippen LogP contribution is -2.30. The molecule has 0 N–H and O–H groups in total. The highest BCUT2D eigenvalue weighted by atomic mass is 16.2. The normalized spacial score (nSPS) is 10.9. The zero-order chi connectivity index (χ0) is 22.5. The fraction of sp³-hybridized carbons (Fsp3) is 0.107. The van der Waals surface area contributed by atoms with Gasteiger partial charge in [0, 0.05) is 61.5 Å². The van der Waals surface area contributed by atoms with Crippen LogP contribution in [0.5, 0.6) is 0 Å². The Balaban J connectivity index is 1.52. The lowest BCUT2D eigenvalue weighted by Gasteiger charge is -2.23. The zero-order valence-corrected chi connectivity index (χ0v) is 18.2. The van der Waals surface area contributed by atoms with Crippen molar-refractivity contribution in [3.8, 4) is 0 Å². The zero-order valence-electron chi connectivity index (χ0n) is 18.2. The van der Waals surface area contributed by atoms with Gasteiger partial charge >= 0.3 is 0 Å². The first-order valence-electron chi connectivity index (χ1n) is 11.0. The molecule has 1 amide bonds. The number of carbonyl (C=O) groups excluding carboxylic acids is 1. The molecule has 2 aromatic carbocycles. The molecule has 0 atom stereocenters. The number of fused-ring (bicyclic) bond motifs is 1. The Morgan fingerprint density at radius 2 is 1.45 bits per heavy atom. The molecule has 33 heavy (non-hydrogen) atoms. The molecule has 0 bridgehead atoms. The van der Waals surface area contributed by atoms with Gasteiger partial charge in [0.1, 0.15) is 0 Å². The fourth-order valence-corrected chi connectivity index (χ4v) is 4.12. The first kappa shape index (κ1) is 20.6. The van der Waals surface area contributed by atoms with E-state index in [2.05, 4.69) is 32.7 Å². The van der Waals surface area contributed by atoms with Crippen LogP contribution < -0.4 is 0 Å². The number of amides is 1. The van der Waals surface area contributed by atoms with Crippen molar-refractivity contribution in [2.45, 2.75) is 19.6 Å². The van der Waals surface area contributed by atoms with Gasteiger partial charge in [-0.05, 0) is 41.0 Å².